The Morgan fingerprint density at radius 2 is 1.29 bits per heavy atom. The fourth-order valence-corrected chi connectivity index (χ4v) is 6.53. The minimum absolute atomic E-state index is 0.0449. The number of benzene rings is 3. The molecule has 2 aliphatic rings. The number of nitrogens with zero attached hydrogens (tertiary/aromatic N) is 3. The third kappa shape index (κ3) is 5.04. The standard InChI is InChI=1S/C34H39N3O4/c1-24(2)30(33(40)41-4)35(3)31(38)25-22-36(23-25)32(39)29-20-21-37(29)34(26-14-8-5-9-15-26,27-16-10-6-11-17-27)28-18-12-7-13-19-28/h5-19,24-25,29-30H,20-23H2,1-4H3/t29-,30?/m1/s1. The van der Waals surface area contributed by atoms with E-state index >= 15 is 0 Å². The number of amides is 2. The highest BCUT2D eigenvalue weighted by Gasteiger charge is 2.53. The molecular formula is C34H39N3O4. The summed E-state index contributed by atoms with van der Waals surface area (Å²) in [5.74, 6) is -0.919. The van der Waals surface area contributed by atoms with Crippen LogP contribution in [-0.2, 0) is 24.7 Å². The van der Waals surface area contributed by atoms with Crippen LogP contribution in [-0.4, -0.2) is 78.4 Å². The molecule has 0 bridgehead atoms. The zero-order chi connectivity index (χ0) is 29.1. The van der Waals surface area contributed by atoms with Crippen LogP contribution in [0, 0.1) is 11.8 Å². The molecule has 0 aliphatic carbocycles. The van der Waals surface area contributed by atoms with Gasteiger partial charge in [0.05, 0.1) is 24.6 Å². The van der Waals surface area contributed by atoms with Crippen molar-refractivity contribution in [3.05, 3.63) is 108 Å². The van der Waals surface area contributed by atoms with Crippen molar-refractivity contribution in [2.75, 3.05) is 33.8 Å². The van der Waals surface area contributed by atoms with E-state index in [1.807, 2.05) is 68.4 Å². The highest BCUT2D eigenvalue weighted by atomic mass is 16.5. The molecule has 41 heavy (non-hydrogen) atoms. The molecule has 3 aromatic rings. The van der Waals surface area contributed by atoms with Crippen LogP contribution in [0.3, 0.4) is 0 Å². The van der Waals surface area contributed by atoms with Gasteiger partial charge in [-0.05, 0) is 29.0 Å². The first-order valence-electron chi connectivity index (χ1n) is 14.4. The number of ether oxygens (including phenoxy) is 1. The number of likely N-dealkylation sites (tertiary alicyclic amines) is 2. The Kier molecular flexibility index (Phi) is 8.27. The van der Waals surface area contributed by atoms with Gasteiger partial charge in [0.25, 0.3) is 0 Å². The van der Waals surface area contributed by atoms with Crippen LogP contribution in [0.5, 0.6) is 0 Å². The van der Waals surface area contributed by atoms with Crippen molar-refractivity contribution < 1.29 is 19.1 Å². The van der Waals surface area contributed by atoms with E-state index in [1.54, 1.807) is 11.9 Å². The number of methoxy groups -OCH3 is 1. The van der Waals surface area contributed by atoms with Gasteiger partial charge in [0.2, 0.25) is 11.8 Å². The predicted octanol–water partition coefficient (Wildman–Crippen LogP) is 4.17. The van der Waals surface area contributed by atoms with Crippen LogP contribution in [0.4, 0.5) is 0 Å². The lowest BCUT2D eigenvalue weighted by atomic mass is 9.72. The lowest BCUT2D eigenvalue weighted by molar-refractivity contribution is -0.162. The van der Waals surface area contributed by atoms with Crippen molar-refractivity contribution in [3.8, 4) is 0 Å². The molecule has 2 fully saturated rings. The molecule has 2 aliphatic heterocycles. The maximum absolute atomic E-state index is 14.0. The Hall–Kier alpha value is -3.97. The van der Waals surface area contributed by atoms with Crippen molar-refractivity contribution in [2.24, 2.45) is 11.8 Å². The number of rotatable bonds is 9. The molecule has 214 valence electrons. The van der Waals surface area contributed by atoms with Gasteiger partial charge in [-0.15, -0.1) is 0 Å². The molecule has 0 aromatic heterocycles. The van der Waals surface area contributed by atoms with Crippen LogP contribution in [0.1, 0.15) is 37.0 Å². The molecule has 0 N–H and O–H groups in total. The number of hydrogen-bond acceptors (Lipinski definition) is 5. The summed E-state index contributed by atoms with van der Waals surface area (Å²) >= 11 is 0. The second kappa shape index (κ2) is 11.9. The fourth-order valence-electron chi connectivity index (χ4n) is 6.53. The minimum atomic E-state index is -0.650. The molecule has 2 saturated heterocycles. The van der Waals surface area contributed by atoms with E-state index in [0.717, 1.165) is 29.7 Å². The lowest BCUT2D eigenvalue weighted by Gasteiger charge is -2.56. The van der Waals surface area contributed by atoms with E-state index in [1.165, 1.54) is 12.0 Å². The molecule has 7 nitrogen and oxygen atoms in total. The normalized spacial score (nSPS) is 18.3. The Morgan fingerprint density at radius 3 is 1.66 bits per heavy atom. The molecule has 2 atom stereocenters. The maximum atomic E-state index is 14.0. The molecular weight excluding hydrogens is 514 g/mol. The molecule has 7 heteroatoms. The maximum Gasteiger partial charge on any atom is 0.328 e. The number of carbonyl (C=O) groups is 3. The molecule has 0 saturated carbocycles. The fraction of sp³-hybridized carbons (Fsp3) is 0.382. The molecule has 3 aromatic carbocycles. The van der Waals surface area contributed by atoms with Gasteiger partial charge in [0.15, 0.2) is 0 Å². The van der Waals surface area contributed by atoms with Gasteiger partial charge < -0.3 is 14.5 Å². The lowest BCUT2D eigenvalue weighted by Crippen LogP contribution is -2.68. The van der Waals surface area contributed by atoms with Crippen molar-refractivity contribution in [2.45, 2.75) is 37.9 Å². The van der Waals surface area contributed by atoms with E-state index < -0.39 is 17.6 Å². The number of hydrogen-bond donors (Lipinski definition) is 0. The Morgan fingerprint density at radius 1 is 0.829 bits per heavy atom. The first-order chi connectivity index (χ1) is 19.8. The number of carbonyl (C=O) groups excluding carboxylic acids is 3. The molecule has 1 unspecified atom stereocenters. The molecule has 2 heterocycles. The smallest absolute Gasteiger partial charge is 0.328 e. The molecule has 5 rings (SSSR count). The van der Waals surface area contributed by atoms with Gasteiger partial charge in [-0.1, -0.05) is 105 Å². The van der Waals surface area contributed by atoms with Crippen LogP contribution >= 0.6 is 0 Å². The van der Waals surface area contributed by atoms with Gasteiger partial charge in [-0.2, -0.15) is 0 Å². The predicted molar refractivity (Wildman–Crippen MR) is 158 cm³/mol. The summed E-state index contributed by atoms with van der Waals surface area (Å²) in [5.41, 5.74) is 2.68. The first-order valence-corrected chi connectivity index (χ1v) is 14.4. The Labute approximate surface area is 242 Å². The van der Waals surface area contributed by atoms with Crippen molar-refractivity contribution in [3.63, 3.8) is 0 Å². The van der Waals surface area contributed by atoms with Crippen LogP contribution in [0.2, 0.25) is 0 Å². The topological polar surface area (TPSA) is 70.2 Å². The summed E-state index contributed by atoms with van der Waals surface area (Å²) in [6.07, 6.45) is 0.750. The van der Waals surface area contributed by atoms with Gasteiger partial charge in [0, 0.05) is 26.7 Å². The van der Waals surface area contributed by atoms with Gasteiger partial charge >= 0.3 is 5.97 Å². The van der Waals surface area contributed by atoms with Crippen LogP contribution in [0.15, 0.2) is 91.0 Å². The minimum Gasteiger partial charge on any atom is -0.467 e. The molecule has 0 radical (unpaired) electrons. The Balaban J connectivity index is 1.41. The average Bonchev–Trinajstić information content (AvgIpc) is 2.95. The van der Waals surface area contributed by atoms with Crippen molar-refractivity contribution in [1.82, 2.24) is 14.7 Å². The summed E-state index contributed by atoms with van der Waals surface area (Å²) in [6, 6.07) is 30.2. The van der Waals surface area contributed by atoms with Crippen LogP contribution < -0.4 is 0 Å². The number of likely N-dealkylation sites (N-methyl/N-ethyl adjacent to an activating group) is 1. The third-order valence-electron chi connectivity index (χ3n) is 8.69. The SMILES string of the molecule is COC(=O)C(C(C)C)N(C)C(=O)C1CN(C(=O)[C@H]2CCN2C(c2ccccc2)(c2ccccc2)c2ccccc2)C1. The van der Waals surface area contributed by atoms with Crippen molar-refractivity contribution >= 4 is 17.8 Å². The zero-order valence-electron chi connectivity index (χ0n) is 24.3. The summed E-state index contributed by atoms with van der Waals surface area (Å²) in [5, 5.41) is 0. The van der Waals surface area contributed by atoms with E-state index in [9.17, 15) is 14.4 Å². The highest BCUT2D eigenvalue weighted by molar-refractivity contribution is 5.90. The van der Waals surface area contributed by atoms with Gasteiger partial charge in [0.1, 0.15) is 6.04 Å². The van der Waals surface area contributed by atoms with E-state index in [-0.39, 0.29) is 29.7 Å². The van der Waals surface area contributed by atoms with Crippen molar-refractivity contribution in [1.29, 1.82) is 0 Å². The summed E-state index contributed by atoms with van der Waals surface area (Å²) < 4.78 is 4.94. The second-order valence-electron chi connectivity index (χ2n) is 11.4. The largest absolute Gasteiger partial charge is 0.467 e. The quantitative estimate of drug-likeness (QED) is 0.294. The summed E-state index contributed by atoms with van der Waals surface area (Å²) in [6.45, 7) is 5.27. The molecule has 0 spiro atoms. The molecule has 2 amide bonds. The van der Waals surface area contributed by atoms with E-state index in [2.05, 4.69) is 41.3 Å². The Bertz CT molecular complexity index is 1260. The first kappa shape index (κ1) is 28.6. The van der Waals surface area contributed by atoms with Gasteiger partial charge in [-0.3, -0.25) is 14.5 Å². The van der Waals surface area contributed by atoms with Crippen LogP contribution in [0.25, 0.3) is 0 Å². The number of esters is 1. The van der Waals surface area contributed by atoms with E-state index in [4.69, 9.17) is 4.74 Å². The second-order valence-corrected chi connectivity index (χ2v) is 11.4. The third-order valence-corrected chi connectivity index (χ3v) is 8.69. The highest BCUT2D eigenvalue weighted by Crippen LogP contribution is 2.47. The monoisotopic (exact) mass is 553 g/mol. The van der Waals surface area contributed by atoms with Gasteiger partial charge in [-0.25, -0.2) is 4.79 Å². The zero-order valence-corrected chi connectivity index (χ0v) is 24.3. The summed E-state index contributed by atoms with van der Waals surface area (Å²) in [7, 11) is 2.99. The average molecular weight is 554 g/mol. The summed E-state index contributed by atoms with van der Waals surface area (Å²) in [4.78, 5) is 45.2. The van der Waals surface area contributed by atoms with E-state index in [0.29, 0.717) is 13.1 Å².